The Morgan fingerprint density at radius 2 is 1.80 bits per heavy atom. The second-order valence-corrected chi connectivity index (χ2v) is 7.80. The van der Waals surface area contributed by atoms with Crippen molar-refractivity contribution in [3.8, 4) is 5.75 Å². The number of benzene rings is 1. The highest BCUT2D eigenvalue weighted by Gasteiger charge is 2.26. The number of carbonyl (C=O) groups excluding carboxylic acids is 1. The summed E-state index contributed by atoms with van der Waals surface area (Å²) in [5.41, 5.74) is 0.680. The molecule has 1 saturated carbocycles. The van der Waals surface area contributed by atoms with Gasteiger partial charge in [0.2, 0.25) is 0 Å². The van der Waals surface area contributed by atoms with Gasteiger partial charge in [-0.2, -0.15) is 8.78 Å². The van der Waals surface area contributed by atoms with E-state index in [1.165, 1.54) is 25.3 Å². The molecule has 5 nitrogen and oxygen atoms in total. The van der Waals surface area contributed by atoms with Crippen molar-refractivity contribution in [2.45, 2.75) is 63.8 Å². The van der Waals surface area contributed by atoms with Gasteiger partial charge in [0.15, 0.2) is 0 Å². The normalized spacial score (nSPS) is 20.5. The van der Waals surface area contributed by atoms with Crippen LogP contribution in [0.15, 0.2) is 24.4 Å². The van der Waals surface area contributed by atoms with Crippen LogP contribution in [0, 0.1) is 0 Å². The third-order valence-electron chi connectivity index (χ3n) is 5.15. The number of amides is 1. The molecule has 1 aliphatic rings. The van der Waals surface area contributed by atoms with Gasteiger partial charge in [-0.05, 0) is 44.7 Å². The van der Waals surface area contributed by atoms with Gasteiger partial charge in [0.05, 0.1) is 22.1 Å². The quantitative estimate of drug-likeness (QED) is 0.600. The average Bonchev–Trinajstić information content (AvgIpc) is 2.69. The number of nitrogens with zero attached hydrogens (tertiary/aromatic N) is 1. The van der Waals surface area contributed by atoms with E-state index in [2.05, 4.69) is 20.4 Å². The summed E-state index contributed by atoms with van der Waals surface area (Å²) in [4.78, 5) is 16.7. The lowest BCUT2D eigenvalue weighted by Crippen LogP contribution is -2.46. The van der Waals surface area contributed by atoms with Crippen LogP contribution in [0.3, 0.4) is 0 Å². The highest BCUT2D eigenvalue weighted by molar-refractivity contribution is 6.32. The second kappa shape index (κ2) is 9.78. The Bertz CT molecular complexity index is 892. The largest absolute Gasteiger partial charge is 0.433 e. The summed E-state index contributed by atoms with van der Waals surface area (Å²) in [5.74, 6) is -0.499. The molecule has 2 aromatic rings. The molecule has 10 heteroatoms. The molecule has 0 bridgehead atoms. The van der Waals surface area contributed by atoms with E-state index < -0.39 is 19.1 Å². The van der Waals surface area contributed by atoms with E-state index in [9.17, 15) is 22.4 Å². The lowest BCUT2D eigenvalue weighted by molar-refractivity contribution is -0.0497. The van der Waals surface area contributed by atoms with Crippen molar-refractivity contribution in [1.82, 2.24) is 15.6 Å². The molecular formula is C20H22ClF4N3O2. The molecular weight excluding hydrogens is 426 g/mol. The van der Waals surface area contributed by atoms with Gasteiger partial charge < -0.3 is 15.4 Å². The van der Waals surface area contributed by atoms with Crippen LogP contribution in [0.1, 0.15) is 43.0 Å². The van der Waals surface area contributed by atoms with E-state index in [4.69, 9.17) is 11.6 Å². The molecule has 1 unspecified atom stereocenters. The molecule has 3 rings (SSSR count). The molecule has 0 aliphatic heterocycles. The Morgan fingerprint density at radius 1 is 1.13 bits per heavy atom. The van der Waals surface area contributed by atoms with Crippen molar-refractivity contribution in [2.24, 2.45) is 0 Å². The Morgan fingerprint density at radius 3 is 2.43 bits per heavy atom. The number of alkyl halides is 4. The number of carbonyl (C=O) groups is 1. The van der Waals surface area contributed by atoms with Gasteiger partial charge in [0.1, 0.15) is 5.75 Å². The molecule has 164 valence electrons. The molecule has 1 heterocycles. The molecule has 30 heavy (non-hydrogen) atoms. The molecule has 0 saturated heterocycles. The third kappa shape index (κ3) is 5.72. The highest BCUT2D eigenvalue weighted by Crippen LogP contribution is 2.31. The fraction of sp³-hybridized carbons (Fsp3) is 0.500. The van der Waals surface area contributed by atoms with Gasteiger partial charge in [0, 0.05) is 29.7 Å². The number of fused-ring (bicyclic) bond motifs is 1. The molecule has 1 aromatic heterocycles. The van der Waals surface area contributed by atoms with E-state index >= 15 is 0 Å². The van der Waals surface area contributed by atoms with Gasteiger partial charge in [-0.3, -0.25) is 9.78 Å². The van der Waals surface area contributed by atoms with Crippen molar-refractivity contribution in [3.05, 3.63) is 35.0 Å². The van der Waals surface area contributed by atoms with Gasteiger partial charge >= 0.3 is 6.61 Å². The SMILES string of the molecule is CC(N[C@H]1CC[C@H](NC(=O)c2cnc3cc(OC(F)F)c(Cl)cc3c2)CC1)C(F)F. The van der Waals surface area contributed by atoms with E-state index in [0.29, 0.717) is 42.1 Å². The minimum absolute atomic E-state index is 0.00833. The van der Waals surface area contributed by atoms with Gasteiger partial charge in [-0.25, -0.2) is 8.78 Å². The molecule has 1 fully saturated rings. The summed E-state index contributed by atoms with van der Waals surface area (Å²) in [7, 11) is 0. The summed E-state index contributed by atoms with van der Waals surface area (Å²) >= 11 is 5.96. The van der Waals surface area contributed by atoms with Crippen molar-refractivity contribution in [3.63, 3.8) is 0 Å². The number of halogens is 5. The van der Waals surface area contributed by atoms with Crippen molar-refractivity contribution < 1.29 is 27.1 Å². The third-order valence-corrected chi connectivity index (χ3v) is 5.45. The minimum Gasteiger partial charge on any atom is -0.433 e. The molecule has 0 spiro atoms. The summed E-state index contributed by atoms with van der Waals surface area (Å²) < 4.78 is 54.5. The maximum atomic E-state index is 12.7. The summed E-state index contributed by atoms with van der Waals surface area (Å²) in [6, 6.07) is 3.38. The lowest BCUT2D eigenvalue weighted by Gasteiger charge is -2.31. The van der Waals surface area contributed by atoms with Crippen LogP contribution in [0.25, 0.3) is 10.9 Å². The van der Waals surface area contributed by atoms with Crippen LogP contribution in [0.2, 0.25) is 5.02 Å². The summed E-state index contributed by atoms with van der Waals surface area (Å²) in [5, 5.41) is 6.37. The number of hydrogen-bond acceptors (Lipinski definition) is 4. The lowest BCUT2D eigenvalue weighted by atomic mass is 9.90. The second-order valence-electron chi connectivity index (χ2n) is 7.39. The Hall–Kier alpha value is -2.13. The summed E-state index contributed by atoms with van der Waals surface area (Å²) in [6.45, 7) is -1.55. The Balaban J connectivity index is 1.60. The number of ether oxygens (including phenoxy) is 1. The summed E-state index contributed by atoms with van der Waals surface area (Å²) in [6.07, 6.45) is 1.70. The number of aromatic nitrogens is 1. The van der Waals surface area contributed by atoms with E-state index in [1.807, 2.05) is 0 Å². The highest BCUT2D eigenvalue weighted by atomic mass is 35.5. The predicted octanol–water partition coefficient (Wildman–Crippen LogP) is 4.77. The van der Waals surface area contributed by atoms with Crippen molar-refractivity contribution in [2.75, 3.05) is 0 Å². The molecule has 2 N–H and O–H groups in total. The average molecular weight is 448 g/mol. The number of hydrogen-bond donors (Lipinski definition) is 2. The van der Waals surface area contributed by atoms with Crippen LogP contribution < -0.4 is 15.4 Å². The minimum atomic E-state index is -3.01. The molecule has 0 radical (unpaired) electrons. The smallest absolute Gasteiger partial charge is 0.387 e. The van der Waals surface area contributed by atoms with E-state index in [0.717, 1.165) is 0 Å². The number of rotatable bonds is 7. The predicted molar refractivity (Wildman–Crippen MR) is 105 cm³/mol. The first kappa shape index (κ1) is 22.6. The zero-order chi connectivity index (χ0) is 21.8. The maximum Gasteiger partial charge on any atom is 0.387 e. The van der Waals surface area contributed by atoms with Crippen LogP contribution in [0.4, 0.5) is 17.6 Å². The van der Waals surface area contributed by atoms with Crippen LogP contribution in [-0.2, 0) is 0 Å². The first-order valence-electron chi connectivity index (χ1n) is 9.62. The Labute approximate surface area is 176 Å². The first-order chi connectivity index (χ1) is 14.2. The fourth-order valence-electron chi connectivity index (χ4n) is 3.56. The molecule has 1 aromatic carbocycles. The van der Waals surface area contributed by atoms with E-state index in [1.54, 1.807) is 6.07 Å². The number of pyridine rings is 1. The van der Waals surface area contributed by atoms with Gasteiger partial charge in [-0.15, -0.1) is 0 Å². The van der Waals surface area contributed by atoms with Gasteiger partial charge in [-0.1, -0.05) is 11.6 Å². The standard InChI is InChI=1S/C20H22ClF4N3O2/c1-10(18(22)23)27-13-2-4-14(5-3-13)28-19(29)12-6-11-7-15(21)17(30-20(24)25)8-16(11)26-9-12/h6-10,13-14,18,20,27H,2-5H2,1H3,(H,28,29)/t10?,13-,14-. The van der Waals surface area contributed by atoms with Gasteiger partial charge in [0.25, 0.3) is 12.3 Å². The zero-order valence-corrected chi connectivity index (χ0v) is 16.9. The zero-order valence-electron chi connectivity index (χ0n) is 16.2. The first-order valence-corrected chi connectivity index (χ1v) is 10.00. The molecule has 1 atom stereocenters. The van der Waals surface area contributed by atoms with Crippen molar-refractivity contribution >= 4 is 28.4 Å². The molecule has 1 aliphatic carbocycles. The monoisotopic (exact) mass is 447 g/mol. The van der Waals surface area contributed by atoms with Crippen LogP contribution in [0.5, 0.6) is 5.75 Å². The number of nitrogens with one attached hydrogen (secondary N) is 2. The Kier molecular flexibility index (Phi) is 7.36. The van der Waals surface area contributed by atoms with Crippen molar-refractivity contribution in [1.29, 1.82) is 0 Å². The van der Waals surface area contributed by atoms with Crippen LogP contribution >= 0.6 is 11.6 Å². The fourth-order valence-corrected chi connectivity index (χ4v) is 3.77. The maximum absolute atomic E-state index is 12.7. The topological polar surface area (TPSA) is 63.2 Å². The van der Waals surface area contributed by atoms with Crippen LogP contribution in [-0.4, -0.2) is 42.1 Å². The molecule has 1 amide bonds. The van der Waals surface area contributed by atoms with E-state index in [-0.39, 0.29) is 28.8 Å².